The zero-order valence-electron chi connectivity index (χ0n) is 20.2. The van der Waals surface area contributed by atoms with Crippen molar-refractivity contribution in [2.24, 2.45) is 0 Å². The summed E-state index contributed by atoms with van der Waals surface area (Å²) in [6.07, 6.45) is 2.09. The number of hydrogen-bond donors (Lipinski definition) is 2. The summed E-state index contributed by atoms with van der Waals surface area (Å²) < 4.78 is 10.7. The van der Waals surface area contributed by atoms with Crippen LogP contribution in [-0.2, 0) is 11.3 Å². The van der Waals surface area contributed by atoms with Crippen LogP contribution in [0.1, 0.15) is 39.1 Å². The van der Waals surface area contributed by atoms with Gasteiger partial charge in [-0.25, -0.2) is 0 Å². The molecule has 0 aliphatic carbocycles. The number of nitrogens with one attached hydrogen (secondary N) is 2. The Morgan fingerprint density at radius 1 is 0.861 bits per heavy atom. The number of hydrogen-bond acceptors (Lipinski definition) is 5. The number of rotatable bonds is 9. The first kappa shape index (κ1) is 24.8. The Kier molecular flexibility index (Phi) is 8.18. The van der Waals surface area contributed by atoms with Crippen molar-refractivity contribution in [3.63, 3.8) is 0 Å². The number of likely N-dealkylation sites (tertiary alicyclic amines) is 1. The molecule has 1 heterocycles. The van der Waals surface area contributed by atoms with E-state index in [-0.39, 0.29) is 24.3 Å². The molecule has 0 spiro atoms. The SMILES string of the molecule is COc1cccc(NC(=O)COc2ccc(C(=O)NCc3cccc(C(=O)N4CCCC4)c3)cc2)c1. The van der Waals surface area contributed by atoms with Gasteiger partial charge in [-0.05, 0) is 66.9 Å². The lowest BCUT2D eigenvalue weighted by atomic mass is 10.1. The standard InChI is InChI=1S/C28H29N3O5/c1-35-25-9-5-8-23(17-25)30-26(32)19-36-24-12-10-21(11-13-24)27(33)29-18-20-6-4-7-22(16-20)28(34)31-14-2-3-15-31/h4-13,16-17H,2-3,14-15,18-19H2,1H3,(H,29,33)(H,30,32). The third kappa shape index (κ3) is 6.63. The quantitative estimate of drug-likeness (QED) is 0.478. The fraction of sp³-hybridized carbons (Fsp3) is 0.250. The molecule has 3 aromatic rings. The normalized spacial score (nSPS) is 12.6. The molecule has 0 radical (unpaired) electrons. The van der Waals surface area contributed by atoms with Gasteiger partial charge in [0.2, 0.25) is 0 Å². The van der Waals surface area contributed by atoms with Gasteiger partial charge in [0.1, 0.15) is 11.5 Å². The first-order valence-corrected chi connectivity index (χ1v) is 11.8. The molecule has 186 valence electrons. The van der Waals surface area contributed by atoms with E-state index in [9.17, 15) is 14.4 Å². The molecule has 0 bridgehead atoms. The van der Waals surface area contributed by atoms with Crippen molar-refractivity contribution < 1.29 is 23.9 Å². The molecule has 1 aliphatic rings. The molecule has 0 saturated carbocycles. The van der Waals surface area contributed by atoms with Gasteiger partial charge in [-0.3, -0.25) is 14.4 Å². The maximum Gasteiger partial charge on any atom is 0.262 e. The lowest BCUT2D eigenvalue weighted by Crippen LogP contribution is -2.28. The van der Waals surface area contributed by atoms with Gasteiger partial charge in [-0.2, -0.15) is 0 Å². The van der Waals surface area contributed by atoms with Crippen molar-refractivity contribution in [2.45, 2.75) is 19.4 Å². The van der Waals surface area contributed by atoms with E-state index in [0.717, 1.165) is 31.5 Å². The second-order valence-corrected chi connectivity index (χ2v) is 8.48. The predicted octanol–water partition coefficient (Wildman–Crippen LogP) is 3.88. The van der Waals surface area contributed by atoms with Crippen LogP contribution in [0.5, 0.6) is 11.5 Å². The summed E-state index contributed by atoms with van der Waals surface area (Å²) in [6, 6.07) is 21.0. The number of anilines is 1. The second-order valence-electron chi connectivity index (χ2n) is 8.48. The fourth-order valence-corrected chi connectivity index (χ4v) is 3.95. The lowest BCUT2D eigenvalue weighted by molar-refractivity contribution is -0.118. The van der Waals surface area contributed by atoms with Crippen LogP contribution in [0.15, 0.2) is 72.8 Å². The van der Waals surface area contributed by atoms with E-state index in [1.165, 1.54) is 0 Å². The summed E-state index contributed by atoms with van der Waals surface area (Å²) in [5.41, 5.74) is 2.57. The van der Waals surface area contributed by atoms with Gasteiger partial charge >= 0.3 is 0 Å². The van der Waals surface area contributed by atoms with Gasteiger partial charge in [0.05, 0.1) is 7.11 Å². The zero-order chi connectivity index (χ0) is 25.3. The summed E-state index contributed by atoms with van der Waals surface area (Å²) in [7, 11) is 1.56. The van der Waals surface area contributed by atoms with Crippen molar-refractivity contribution in [1.29, 1.82) is 0 Å². The van der Waals surface area contributed by atoms with Crippen molar-refractivity contribution in [3.05, 3.63) is 89.5 Å². The van der Waals surface area contributed by atoms with Gasteiger partial charge in [0.15, 0.2) is 6.61 Å². The van der Waals surface area contributed by atoms with E-state index in [0.29, 0.717) is 34.9 Å². The molecule has 3 amide bonds. The first-order chi connectivity index (χ1) is 17.5. The smallest absolute Gasteiger partial charge is 0.262 e. The minimum absolute atomic E-state index is 0.0356. The molecule has 1 fully saturated rings. The van der Waals surface area contributed by atoms with Crippen LogP contribution in [0.2, 0.25) is 0 Å². The topological polar surface area (TPSA) is 97.0 Å². The number of ether oxygens (including phenoxy) is 2. The van der Waals surface area contributed by atoms with Crippen LogP contribution >= 0.6 is 0 Å². The van der Waals surface area contributed by atoms with Gasteiger partial charge in [0, 0.05) is 42.5 Å². The van der Waals surface area contributed by atoms with E-state index >= 15 is 0 Å². The number of carbonyl (C=O) groups excluding carboxylic acids is 3. The maximum atomic E-state index is 12.6. The maximum absolute atomic E-state index is 12.6. The molecular formula is C28H29N3O5. The summed E-state index contributed by atoms with van der Waals surface area (Å²) in [4.78, 5) is 39.2. The number of nitrogens with zero attached hydrogens (tertiary/aromatic N) is 1. The molecule has 8 nitrogen and oxygen atoms in total. The first-order valence-electron chi connectivity index (χ1n) is 11.8. The predicted molar refractivity (Wildman–Crippen MR) is 136 cm³/mol. The molecule has 0 aromatic heterocycles. The van der Waals surface area contributed by atoms with Crippen molar-refractivity contribution in [3.8, 4) is 11.5 Å². The lowest BCUT2D eigenvalue weighted by Gasteiger charge is -2.15. The third-order valence-corrected chi connectivity index (χ3v) is 5.86. The average molecular weight is 488 g/mol. The van der Waals surface area contributed by atoms with Gasteiger partial charge in [0.25, 0.3) is 17.7 Å². The van der Waals surface area contributed by atoms with E-state index in [4.69, 9.17) is 9.47 Å². The van der Waals surface area contributed by atoms with Crippen molar-refractivity contribution >= 4 is 23.4 Å². The number of methoxy groups -OCH3 is 1. The highest BCUT2D eigenvalue weighted by Crippen LogP contribution is 2.18. The van der Waals surface area contributed by atoms with Crippen LogP contribution in [0, 0.1) is 0 Å². The van der Waals surface area contributed by atoms with E-state index in [1.54, 1.807) is 55.6 Å². The molecule has 1 aliphatic heterocycles. The van der Waals surface area contributed by atoms with Gasteiger partial charge in [-0.1, -0.05) is 18.2 Å². The molecular weight excluding hydrogens is 458 g/mol. The van der Waals surface area contributed by atoms with Crippen LogP contribution in [0.4, 0.5) is 5.69 Å². The largest absolute Gasteiger partial charge is 0.497 e. The Morgan fingerprint density at radius 2 is 1.61 bits per heavy atom. The molecule has 0 atom stereocenters. The van der Waals surface area contributed by atoms with E-state index < -0.39 is 0 Å². The molecule has 0 unspecified atom stereocenters. The Labute approximate surface area is 210 Å². The van der Waals surface area contributed by atoms with Crippen LogP contribution in [0.3, 0.4) is 0 Å². The molecule has 8 heteroatoms. The fourth-order valence-electron chi connectivity index (χ4n) is 3.95. The average Bonchev–Trinajstić information content (AvgIpc) is 3.46. The number of carbonyl (C=O) groups is 3. The molecule has 36 heavy (non-hydrogen) atoms. The summed E-state index contributed by atoms with van der Waals surface area (Å²) in [5.74, 6) is 0.601. The number of amides is 3. The van der Waals surface area contributed by atoms with Crippen molar-refractivity contribution in [1.82, 2.24) is 10.2 Å². The Hall–Kier alpha value is -4.33. The van der Waals surface area contributed by atoms with Crippen LogP contribution in [0.25, 0.3) is 0 Å². The Bertz CT molecular complexity index is 1220. The molecule has 1 saturated heterocycles. The minimum Gasteiger partial charge on any atom is -0.497 e. The monoisotopic (exact) mass is 487 g/mol. The van der Waals surface area contributed by atoms with E-state index in [2.05, 4.69) is 10.6 Å². The molecule has 3 aromatic carbocycles. The highest BCUT2D eigenvalue weighted by molar-refractivity contribution is 5.95. The minimum atomic E-state index is -0.310. The van der Waals surface area contributed by atoms with Crippen LogP contribution < -0.4 is 20.1 Å². The van der Waals surface area contributed by atoms with Crippen molar-refractivity contribution in [2.75, 3.05) is 32.1 Å². The number of benzene rings is 3. The Balaban J connectivity index is 1.25. The highest BCUT2D eigenvalue weighted by atomic mass is 16.5. The van der Waals surface area contributed by atoms with E-state index in [1.807, 2.05) is 29.2 Å². The highest BCUT2D eigenvalue weighted by Gasteiger charge is 2.19. The van der Waals surface area contributed by atoms with Gasteiger partial charge < -0.3 is 25.0 Å². The third-order valence-electron chi connectivity index (χ3n) is 5.86. The summed E-state index contributed by atoms with van der Waals surface area (Å²) in [6.45, 7) is 1.73. The van der Waals surface area contributed by atoms with Crippen LogP contribution in [-0.4, -0.2) is 49.4 Å². The van der Waals surface area contributed by atoms with Gasteiger partial charge in [-0.15, -0.1) is 0 Å². The molecule has 4 rings (SSSR count). The zero-order valence-corrected chi connectivity index (χ0v) is 20.2. The second kappa shape index (κ2) is 11.9. The molecule has 2 N–H and O–H groups in total. The summed E-state index contributed by atoms with van der Waals surface area (Å²) in [5, 5.41) is 5.62. The summed E-state index contributed by atoms with van der Waals surface area (Å²) >= 11 is 0. The Morgan fingerprint density at radius 3 is 2.36 bits per heavy atom.